The van der Waals surface area contributed by atoms with Gasteiger partial charge in [0.25, 0.3) is 5.91 Å². The smallest absolute Gasteiger partial charge is 0.256 e. The number of hydrogen-bond donors (Lipinski definition) is 0. The highest BCUT2D eigenvalue weighted by atomic mass is 79.9. The number of piperidine rings is 1. The van der Waals surface area contributed by atoms with Crippen molar-refractivity contribution in [3.8, 4) is 0 Å². The fourth-order valence-electron chi connectivity index (χ4n) is 1.91. The molecule has 0 radical (unpaired) electrons. The van der Waals surface area contributed by atoms with Crippen LogP contribution in [0.25, 0.3) is 0 Å². The van der Waals surface area contributed by atoms with Gasteiger partial charge in [0.05, 0.1) is 15.6 Å². The SMILES string of the molecule is O=C(c1c(Cl)cccc1Cl)N1CCC(Br)CC1. The van der Waals surface area contributed by atoms with E-state index in [9.17, 15) is 4.79 Å². The van der Waals surface area contributed by atoms with Crippen LogP contribution < -0.4 is 0 Å². The van der Waals surface area contributed by atoms with Crippen LogP contribution >= 0.6 is 39.1 Å². The standard InChI is InChI=1S/C12H12BrCl2NO/c13-8-4-6-16(7-5-8)12(17)11-9(14)2-1-3-10(11)15/h1-3,8H,4-7H2. The molecule has 1 aromatic carbocycles. The van der Waals surface area contributed by atoms with Gasteiger partial charge in [0, 0.05) is 17.9 Å². The maximum absolute atomic E-state index is 12.3. The zero-order chi connectivity index (χ0) is 12.4. The molecule has 2 rings (SSSR count). The summed E-state index contributed by atoms with van der Waals surface area (Å²) in [5.74, 6) is -0.0694. The van der Waals surface area contributed by atoms with Crippen molar-refractivity contribution in [1.82, 2.24) is 4.90 Å². The number of nitrogens with zero attached hydrogens (tertiary/aromatic N) is 1. The highest BCUT2D eigenvalue weighted by Crippen LogP contribution is 2.27. The zero-order valence-corrected chi connectivity index (χ0v) is 12.2. The number of rotatable bonds is 1. The summed E-state index contributed by atoms with van der Waals surface area (Å²) in [7, 11) is 0. The average molecular weight is 337 g/mol. The average Bonchev–Trinajstić information content (AvgIpc) is 2.29. The molecule has 0 atom stereocenters. The van der Waals surface area contributed by atoms with E-state index in [4.69, 9.17) is 23.2 Å². The Bertz CT molecular complexity index is 410. The van der Waals surface area contributed by atoms with Crippen LogP contribution in [0.4, 0.5) is 0 Å². The number of likely N-dealkylation sites (tertiary alicyclic amines) is 1. The van der Waals surface area contributed by atoms with Gasteiger partial charge in [-0.3, -0.25) is 4.79 Å². The lowest BCUT2D eigenvalue weighted by Gasteiger charge is -2.30. The molecule has 0 saturated carbocycles. The van der Waals surface area contributed by atoms with Gasteiger partial charge in [0.15, 0.2) is 0 Å². The topological polar surface area (TPSA) is 20.3 Å². The molecule has 5 heteroatoms. The first-order chi connectivity index (χ1) is 8.09. The normalized spacial score (nSPS) is 17.2. The van der Waals surface area contributed by atoms with Gasteiger partial charge < -0.3 is 4.90 Å². The van der Waals surface area contributed by atoms with Gasteiger partial charge in [-0.1, -0.05) is 45.2 Å². The number of carbonyl (C=O) groups excluding carboxylic acids is 1. The van der Waals surface area contributed by atoms with Crippen LogP contribution in [0.15, 0.2) is 18.2 Å². The van der Waals surface area contributed by atoms with Crippen molar-refractivity contribution in [3.05, 3.63) is 33.8 Å². The zero-order valence-electron chi connectivity index (χ0n) is 9.13. The molecule has 0 N–H and O–H groups in total. The van der Waals surface area contributed by atoms with E-state index in [1.54, 1.807) is 18.2 Å². The molecule has 1 heterocycles. The fraction of sp³-hybridized carbons (Fsp3) is 0.417. The van der Waals surface area contributed by atoms with Crippen molar-refractivity contribution in [3.63, 3.8) is 0 Å². The van der Waals surface area contributed by atoms with E-state index < -0.39 is 0 Å². The molecule has 0 aliphatic carbocycles. The summed E-state index contributed by atoms with van der Waals surface area (Å²) in [5.41, 5.74) is 0.420. The number of benzene rings is 1. The lowest BCUT2D eigenvalue weighted by molar-refractivity contribution is 0.0729. The number of hydrogen-bond acceptors (Lipinski definition) is 1. The Hall–Kier alpha value is -0.250. The highest BCUT2D eigenvalue weighted by molar-refractivity contribution is 9.09. The predicted octanol–water partition coefficient (Wildman–Crippen LogP) is 3.99. The van der Waals surface area contributed by atoms with E-state index in [0.717, 1.165) is 25.9 Å². The summed E-state index contributed by atoms with van der Waals surface area (Å²) in [6.07, 6.45) is 1.93. The maximum Gasteiger partial charge on any atom is 0.256 e. The Morgan fingerprint density at radius 1 is 1.24 bits per heavy atom. The monoisotopic (exact) mass is 335 g/mol. The number of alkyl halides is 1. The molecule has 0 bridgehead atoms. The van der Waals surface area contributed by atoms with E-state index in [1.807, 2.05) is 4.90 Å². The maximum atomic E-state index is 12.3. The summed E-state index contributed by atoms with van der Waals surface area (Å²) >= 11 is 15.6. The third-order valence-corrected chi connectivity index (χ3v) is 4.43. The summed E-state index contributed by atoms with van der Waals surface area (Å²) in [6.45, 7) is 1.49. The lowest BCUT2D eigenvalue weighted by Crippen LogP contribution is -2.38. The van der Waals surface area contributed by atoms with Crippen LogP contribution in [0.1, 0.15) is 23.2 Å². The number of halogens is 3. The van der Waals surface area contributed by atoms with Crippen molar-refractivity contribution in [2.24, 2.45) is 0 Å². The van der Waals surface area contributed by atoms with E-state index in [2.05, 4.69) is 15.9 Å². The Kier molecular flexibility index (Phi) is 4.34. The van der Waals surface area contributed by atoms with Gasteiger partial charge in [-0.05, 0) is 25.0 Å². The third kappa shape index (κ3) is 2.95. The van der Waals surface area contributed by atoms with Crippen LogP contribution in [-0.2, 0) is 0 Å². The van der Waals surface area contributed by atoms with Gasteiger partial charge in [0.1, 0.15) is 0 Å². The first kappa shape index (κ1) is 13.2. The first-order valence-corrected chi connectivity index (χ1v) is 7.14. The van der Waals surface area contributed by atoms with Crippen LogP contribution in [0.2, 0.25) is 10.0 Å². The van der Waals surface area contributed by atoms with Crippen LogP contribution in [0.3, 0.4) is 0 Å². The second-order valence-electron chi connectivity index (χ2n) is 4.06. The van der Waals surface area contributed by atoms with E-state index in [1.165, 1.54) is 0 Å². The molecule has 1 saturated heterocycles. The second kappa shape index (κ2) is 5.59. The molecule has 1 amide bonds. The van der Waals surface area contributed by atoms with Crippen LogP contribution in [0, 0.1) is 0 Å². The summed E-state index contributed by atoms with van der Waals surface area (Å²) in [6, 6.07) is 5.13. The molecule has 1 aromatic rings. The minimum atomic E-state index is -0.0694. The molecule has 0 unspecified atom stereocenters. The summed E-state index contributed by atoms with van der Waals surface area (Å²) in [4.78, 5) is 14.6. The van der Waals surface area contributed by atoms with E-state index in [0.29, 0.717) is 20.4 Å². The Labute approximate surface area is 119 Å². The fourth-order valence-corrected chi connectivity index (χ4v) is 2.88. The molecular formula is C12H12BrCl2NO. The van der Waals surface area contributed by atoms with Crippen molar-refractivity contribution in [2.75, 3.05) is 13.1 Å². The van der Waals surface area contributed by atoms with E-state index in [-0.39, 0.29) is 5.91 Å². The molecule has 0 spiro atoms. The van der Waals surface area contributed by atoms with Crippen LogP contribution in [0.5, 0.6) is 0 Å². The van der Waals surface area contributed by atoms with Gasteiger partial charge in [-0.15, -0.1) is 0 Å². The summed E-state index contributed by atoms with van der Waals surface area (Å²) in [5, 5.41) is 0.840. The molecule has 1 aliphatic rings. The first-order valence-electron chi connectivity index (χ1n) is 5.47. The number of carbonyl (C=O) groups is 1. The third-order valence-electron chi connectivity index (χ3n) is 2.89. The van der Waals surface area contributed by atoms with Crippen molar-refractivity contribution in [1.29, 1.82) is 0 Å². The Balaban J connectivity index is 2.20. The highest BCUT2D eigenvalue weighted by Gasteiger charge is 2.25. The minimum absolute atomic E-state index is 0.0694. The second-order valence-corrected chi connectivity index (χ2v) is 6.17. The van der Waals surface area contributed by atoms with Gasteiger partial charge in [-0.25, -0.2) is 0 Å². The molecule has 0 aromatic heterocycles. The molecular weight excluding hydrogens is 325 g/mol. The number of amides is 1. The Morgan fingerprint density at radius 3 is 2.29 bits per heavy atom. The summed E-state index contributed by atoms with van der Waals surface area (Å²) < 4.78 is 0. The lowest BCUT2D eigenvalue weighted by atomic mass is 10.1. The van der Waals surface area contributed by atoms with Crippen molar-refractivity contribution in [2.45, 2.75) is 17.7 Å². The minimum Gasteiger partial charge on any atom is -0.338 e. The van der Waals surface area contributed by atoms with Gasteiger partial charge >= 0.3 is 0 Å². The Morgan fingerprint density at radius 2 is 1.76 bits per heavy atom. The largest absolute Gasteiger partial charge is 0.338 e. The van der Waals surface area contributed by atoms with Gasteiger partial charge in [0.2, 0.25) is 0 Å². The molecule has 92 valence electrons. The van der Waals surface area contributed by atoms with E-state index >= 15 is 0 Å². The quantitative estimate of drug-likeness (QED) is 0.710. The molecule has 1 aliphatic heterocycles. The van der Waals surface area contributed by atoms with Crippen molar-refractivity contribution >= 4 is 45.0 Å². The molecule has 2 nitrogen and oxygen atoms in total. The van der Waals surface area contributed by atoms with Gasteiger partial charge in [-0.2, -0.15) is 0 Å². The van der Waals surface area contributed by atoms with Crippen molar-refractivity contribution < 1.29 is 4.79 Å². The molecule has 1 fully saturated rings. The predicted molar refractivity (Wildman–Crippen MR) is 74.3 cm³/mol. The van der Waals surface area contributed by atoms with Crippen LogP contribution in [-0.4, -0.2) is 28.7 Å². The molecule has 17 heavy (non-hydrogen) atoms.